The molecule has 0 saturated carbocycles. The van der Waals surface area contributed by atoms with Gasteiger partial charge in [-0.25, -0.2) is 4.79 Å². The zero-order chi connectivity index (χ0) is 16.3. The molecule has 0 spiro atoms. The first-order chi connectivity index (χ1) is 9.94. The Hall–Kier alpha value is -0.653. The average Bonchev–Trinajstić information content (AvgIpc) is 2.48. The van der Waals surface area contributed by atoms with E-state index in [0.717, 1.165) is 44.2 Å². The van der Waals surface area contributed by atoms with Crippen molar-refractivity contribution in [2.75, 3.05) is 14.2 Å². The van der Waals surface area contributed by atoms with Crippen molar-refractivity contribution in [3.63, 3.8) is 0 Å². The molecule has 0 aromatic carbocycles. The molecule has 4 nitrogen and oxygen atoms in total. The lowest BCUT2D eigenvalue weighted by Crippen LogP contribution is -2.40. The average molecular weight is 317 g/mol. The van der Waals surface area contributed by atoms with Crippen molar-refractivity contribution in [3.8, 4) is 0 Å². The number of hydrogen-bond acceptors (Lipinski definition) is 4. The van der Waals surface area contributed by atoms with Crippen LogP contribution in [0.1, 0.15) is 52.9 Å². The van der Waals surface area contributed by atoms with Crippen molar-refractivity contribution < 1.29 is 18.4 Å². The Kier molecular flexibility index (Phi) is 10.6. The lowest BCUT2D eigenvalue weighted by molar-refractivity contribution is -0.144. The number of ether oxygens (including phenoxy) is 1. The Bertz CT molecular complexity index is 305. The van der Waals surface area contributed by atoms with Gasteiger partial charge < -0.3 is 13.6 Å². The smallest absolute Gasteiger partial charge is 0.337 e. The SMILES string of the molecule is C=C(C)C(=O)OC(CCCCC)CC[Si](CC)(OC)OC. The minimum atomic E-state index is -2.12. The molecule has 0 aliphatic carbocycles. The highest BCUT2D eigenvalue weighted by atomic mass is 28.4. The van der Waals surface area contributed by atoms with E-state index in [-0.39, 0.29) is 12.1 Å². The summed E-state index contributed by atoms with van der Waals surface area (Å²) in [5.74, 6) is -0.296. The molecule has 0 N–H and O–H groups in total. The summed E-state index contributed by atoms with van der Waals surface area (Å²) in [5, 5.41) is 0. The van der Waals surface area contributed by atoms with E-state index in [1.165, 1.54) is 0 Å². The highest BCUT2D eigenvalue weighted by molar-refractivity contribution is 6.67. The van der Waals surface area contributed by atoms with Crippen LogP contribution >= 0.6 is 0 Å². The molecule has 21 heavy (non-hydrogen) atoms. The zero-order valence-corrected chi connectivity index (χ0v) is 15.4. The molecule has 0 aliphatic heterocycles. The van der Waals surface area contributed by atoms with E-state index in [2.05, 4.69) is 20.4 Å². The number of esters is 1. The summed E-state index contributed by atoms with van der Waals surface area (Å²) in [6.07, 6.45) is 5.02. The van der Waals surface area contributed by atoms with E-state index in [1.54, 1.807) is 21.1 Å². The largest absolute Gasteiger partial charge is 0.459 e. The van der Waals surface area contributed by atoms with E-state index in [1.807, 2.05) is 0 Å². The molecule has 0 radical (unpaired) electrons. The maximum Gasteiger partial charge on any atom is 0.337 e. The van der Waals surface area contributed by atoms with Crippen LogP contribution in [-0.2, 0) is 18.4 Å². The Morgan fingerprint density at radius 2 is 1.76 bits per heavy atom. The summed E-state index contributed by atoms with van der Waals surface area (Å²) in [6, 6.07) is 1.74. The maximum absolute atomic E-state index is 11.7. The molecular weight excluding hydrogens is 284 g/mol. The van der Waals surface area contributed by atoms with Gasteiger partial charge >= 0.3 is 14.5 Å². The van der Waals surface area contributed by atoms with Gasteiger partial charge in [-0.2, -0.15) is 0 Å². The zero-order valence-electron chi connectivity index (χ0n) is 14.4. The Labute approximate surface area is 131 Å². The highest BCUT2D eigenvalue weighted by Gasteiger charge is 2.34. The van der Waals surface area contributed by atoms with Gasteiger partial charge in [0.25, 0.3) is 0 Å². The van der Waals surface area contributed by atoms with Gasteiger partial charge in [0.05, 0.1) is 0 Å². The molecular formula is C16H32O4Si. The molecule has 0 bridgehead atoms. The van der Waals surface area contributed by atoms with Crippen molar-refractivity contribution in [2.24, 2.45) is 0 Å². The lowest BCUT2D eigenvalue weighted by Gasteiger charge is -2.28. The third kappa shape index (κ3) is 7.78. The van der Waals surface area contributed by atoms with E-state index in [4.69, 9.17) is 13.6 Å². The van der Waals surface area contributed by atoms with Crippen LogP contribution < -0.4 is 0 Å². The molecule has 1 unspecified atom stereocenters. The molecule has 0 aromatic rings. The third-order valence-corrected chi connectivity index (χ3v) is 7.50. The van der Waals surface area contributed by atoms with Crippen LogP contribution in [-0.4, -0.2) is 34.9 Å². The summed E-state index contributed by atoms with van der Waals surface area (Å²) in [7, 11) is 1.31. The molecule has 124 valence electrons. The molecule has 0 saturated heterocycles. The first-order valence-electron chi connectivity index (χ1n) is 7.91. The topological polar surface area (TPSA) is 44.8 Å². The summed E-state index contributed by atoms with van der Waals surface area (Å²) in [6.45, 7) is 9.58. The fourth-order valence-electron chi connectivity index (χ4n) is 2.27. The van der Waals surface area contributed by atoms with Crippen LogP contribution in [0.5, 0.6) is 0 Å². The molecule has 0 aromatic heterocycles. The monoisotopic (exact) mass is 316 g/mol. The normalized spacial score (nSPS) is 13.0. The number of carbonyl (C=O) groups is 1. The van der Waals surface area contributed by atoms with Crippen molar-refractivity contribution in [1.29, 1.82) is 0 Å². The fraction of sp³-hybridized carbons (Fsp3) is 0.812. The van der Waals surface area contributed by atoms with Crippen LogP contribution in [0.3, 0.4) is 0 Å². The molecule has 0 fully saturated rings. The third-order valence-electron chi connectivity index (χ3n) is 3.88. The van der Waals surface area contributed by atoms with Crippen LogP contribution in [0.2, 0.25) is 12.1 Å². The summed E-state index contributed by atoms with van der Waals surface area (Å²) < 4.78 is 16.8. The van der Waals surface area contributed by atoms with Crippen LogP contribution in [0.15, 0.2) is 12.2 Å². The summed E-state index contributed by atoms with van der Waals surface area (Å²) in [4.78, 5) is 11.7. The quantitative estimate of drug-likeness (QED) is 0.234. The van der Waals surface area contributed by atoms with Gasteiger partial charge in [-0.3, -0.25) is 0 Å². The minimum absolute atomic E-state index is 0.0653. The minimum Gasteiger partial charge on any atom is -0.459 e. The van der Waals surface area contributed by atoms with Crippen molar-refractivity contribution >= 4 is 14.5 Å². The number of carbonyl (C=O) groups excluding carboxylic acids is 1. The van der Waals surface area contributed by atoms with Gasteiger partial charge in [0, 0.05) is 19.8 Å². The standard InChI is InChI=1S/C16H32O4Si/c1-7-9-10-11-15(20-16(17)14(3)4)12-13-21(8-2,18-5)19-6/h15H,3,7-13H2,1-2,4-6H3. The van der Waals surface area contributed by atoms with E-state index < -0.39 is 8.56 Å². The predicted octanol–water partition coefficient (Wildman–Crippen LogP) is 4.20. The van der Waals surface area contributed by atoms with Gasteiger partial charge in [-0.1, -0.05) is 33.3 Å². The van der Waals surface area contributed by atoms with Gasteiger partial charge in [-0.15, -0.1) is 0 Å². The second-order valence-electron chi connectivity index (χ2n) is 5.51. The Morgan fingerprint density at radius 3 is 2.19 bits per heavy atom. The highest BCUT2D eigenvalue weighted by Crippen LogP contribution is 2.23. The van der Waals surface area contributed by atoms with Crippen molar-refractivity contribution in [3.05, 3.63) is 12.2 Å². The van der Waals surface area contributed by atoms with Gasteiger partial charge in [0.15, 0.2) is 0 Å². The molecule has 0 heterocycles. The number of hydrogen-bond donors (Lipinski definition) is 0. The van der Waals surface area contributed by atoms with E-state index in [9.17, 15) is 4.79 Å². The van der Waals surface area contributed by atoms with Crippen LogP contribution in [0, 0.1) is 0 Å². The van der Waals surface area contributed by atoms with Crippen LogP contribution in [0.4, 0.5) is 0 Å². The first kappa shape index (κ1) is 20.3. The number of rotatable bonds is 12. The van der Waals surface area contributed by atoms with E-state index >= 15 is 0 Å². The Morgan fingerprint density at radius 1 is 1.14 bits per heavy atom. The summed E-state index contributed by atoms with van der Waals surface area (Å²) in [5.41, 5.74) is 0.452. The Balaban J connectivity index is 4.57. The number of unbranched alkanes of at least 4 members (excludes halogenated alkanes) is 2. The van der Waals surface area contributed by atoms with Gasteiger partial charge in [-0.05, 0) is 38.3 Å². The lowest BCUT2D eigenvalue weighted by atomic mass is 10.1. The predicted molar refractivity (Wildman–Crippen MR) is 88.5 cm³/mol. The molecule has 0 rings (SSSR count). The second kappa shape index (κ2) is 11.0. The van der Waals surface area contributed by atoms with Gasteiger partial charge in [0.1, 0.15) is 6.10 Å². The second-order valence-corrected chi connectivity index (χ2v) is 9.36. The molecule has 1 atom stereocenters. The van der Waals surface area contributed by atoms with E-state index in [0.29, 0.717) is 5.57 Å². The maximum atomic E-state index is 11.7. The van der Waals surface area contributed by atoms with Crippen molar-refractivity contribution in [2.45, 2.75) is 71.1 Å². The fourth-order valence-corrected chi connectivity index (χ4v) is 4.54. The van der Waals surface area contributed by atoms with Crippen LogP contribution in [0.25, 0.3) is 0 Å². The molecule has 0 amide bonds. The van der Waals surface area contributed by atoms with Gasteiger partial charge in [0.2, 0.25) is 0 Å². The summed E-state index contributed by atoms with van der Waals surface area (Å²) >= 11 is 0. The van der Waals surface area contributed by atoms with Crippen molar-refractivity contribution in [1.82, 2.24) is 0 Å². The first-order valence-corrected chi connectivity index (χ1v) is 10.1. The molecule has 5 heteroatoms. The molecule has 0 aliphatic rings.